The van der Waals surface area contributed by atoms with Crippen LogP contribution in [-0.4, -0.2) is 39.7 Å². The van der Waals surface area contributed by atoms with E-state index in [1.807, 2.05) is 51.1 Å². The summed E-state index contributed by atoms with van der Waals surface area (Å²) in [6, 6.07) is 9.73. The normalized spacial score (nSPS) is 17.4. The van der Waals surface area contributed by atoms with Crippen LogP contribution in [0.4, 0.5) is 0 Å². The molecule has 1 rings (SSSR count). The Morgan fingerprint density at radius 1 is 1.29 bits per heavy atom. The lowest BCUT2D eigenvalue weighted by Crippen LogP contribution is -2.45. The summed E-state index contributed by atoms with van der Waals surface area (Å²) < 4.78 is 34.3. The molecule has 0 heterocycles. The van der Waals surface area contributed by atoms with Crippen molar-refractivity contribution in [2.45, 2.75) is 45.5 Å². The predicted molar refractivity (Wildman–Crippen MR) is 94.3 cm³/mol. The van der Waals surface area contributed by atoms with Crippen molar-refractivity contribution in [3.8, 4) is 0 Å². The van der Waals surface area contributed by atoms with Crippen molar-refractivity contribution < 1.29 is 22.2 Å². The topological polar surface area (TPSA) is 74.2 Å². The fourth-order valence-corrected chi connectivity index (χ4v) is 3.11. The van der Waals surface area contributed by atoms with Crippen LogP contribution in [0, 0.1) is 5.92 Å². The Kier molecular flexibility index (Phi) is 7.86. The summed E-state index contributed by atoms with van der Waals surface area (Å²) in [5.74, 6) is -0.264. The van der Waals surface area contributed by atoms with E-state index in [1.54, 1.807) is 6.21 Å². The van der Waals surface area contributed by atoms with Crippen LogP contribution in [0.2, 0.25) is 0 Å². The average Bonchev–Trinajstić information content (AvgIpc) is 2.55. The van der Waals surface area contributed by atoms with Gasteiger partial charge in [-0.25, -0.2) is 0 Å². The van der Waals surface area contributed by atoms with Crippen LogP contribution in [0.5, 0.6) is 0 Å². The molecule has 24 heavy (non-hydrogen) atoms. The van der Waals surface area contributed by atoms with Gasteiger partial charge in [-0.05, 0) is 18.9 Å². The second kappa shape index (κ2) is 9.15. The molecule has 0 saturated heterocycles. The van der Waals surface area contributed by atoms with Gasteiger partial charge < -0.3 is 9.57 Å². The third kappa shape index (κ3) is 6.59. The lowest BCUT2D eigenvalue weighted by atomic mass is 9.85. The van der Waals surface area contributed by atoms with Gasteiger partial charge in [0.05, 0.1) is 25.2 Å². The quantitative estimate of drug-likeness (QED) is 0.366. The number of rotatable bonds is 10. The first-order chi connectivity index (χ1) is 11.2. The Morgan fingerprint density at radius 3 is 2.42 bits per heavy atom. The molecule has 1 aromatic rings. The van der Waals surface area contributed by atoms with Gasteiger partial charge in [0.25, 0.3) is 10.1 Å². The van der Waals surface area contributed by atoms with E-state index in [9.17, 15) is 8.42 Å². The van der Waals surface area contributed by atoms with Crippen LogP contribution >= 0.6 is 0 Å². The first-order valence-corrected chi connectivity index (χ1v) is 9.67. The fourth-order valence-electron chi connectivity index (χ4n) is 2.36. The zero-order valence-corrected chi connectivity index (χ0v) is 15.7. The van der Waals surface area contributed by atoms with E-state index in [2.05, 4.69) is 5.16 Å². The van der Waals surface area contributed by atoms with Crippen LogP contribution in [0.3, 0.4) is 0 Å². The number of ether oxygens (including phenoxy) is 1. The van der Waals surface area contributed by atoms with E-state index in [0.717, 1.165) is 11.8 Å². The minimum Gasteiger partial charge on any atom is -0.399 e. The highest BCUT2D eigenvalue weighted by Crippen LogP contribution is 2.29. The van der Waals surface area contributed by atoms with Crippen molar-refractivity contribution in [2.24, 2.45) is 11.1 Å². The second-order valence-corrected chi connectivity index (χ2v) is 7.51. The van der Waals surface area contributed by atoms with E-state index in [4.69, 9.17) is 13.8 Å². The molecule has 0 aliphatic carbocycles. The van der Waals surface area contributed by atoms with Gasteiger partial charge in [0.2, 0.25) is 0 Å². The maximum atomic E-state index is 11.5. The smallest absolute Gasteiger partial charge is 0.264 e. The van der Waals surface area contributed by atoms with E-state index < -0.39 is 21.8 Å². The minimum absolute atomic E-state index is 0.264. The van der Waals surface area contributed by atoms with Gasteiger partial charge in [-0.1, -0.05) is 49.3 Å². The Balaban J connectivity index is 2.97. The van der Waals surface area contributed by atoms with Gasteiger partial charge in [0.15, 0.2) is 0 Å². The van der Waals surface area contributed by atoms with Gasteiger partial charge in [0, 0.05) is 5.92 Å². The van der Waals surface area contributed by atoms with E-state index in [-0.39, 0.29) is 5.92 Å². The monoisotopic (exact) mass is 357 g/mol. The average molecular weight is 357 g/mol. The first-order valence-electron chi connectivity index (χ1n) is 7.85. The lowest BCUT2D eigenvalue weighted by molar-refractivity contribution is -0.0582. The van der Waals surface area contributed by atoms with Crippen LogP contribution < -0.4 is 0 Å². The number of hydrogen-bond donors (Lipinski definition) is 0. The summed E-state index contributed by atoms with van der Waals surface area (Å²) in [7, 11) is -2.11. The van der Waals surface area contributed by atoms with Crippen molar-refractivity contribution in [3.63, 3.8) is 0 Å². The van der Waals surface area contributed by atoms with Crippen molar-refractivity contribution in [1.29, 1.82) is 0 Å². The number of oxime groups is 1. The highest BCUT2D eigenvalue weighted by Gasteiger charge is 2.38. The minimum atomic E-state index is -3.56. The maximum Gasteiger partial charge on any atom is 0.264 e. The molecule has 7 heteroatoms. The molecule has 0 saturated carbocycles. The molecule has 0 aliphatic heterocycles. The summed E-state index contributed by atoms with van der Waals surface area (Å²) >= 11 is 0. The third-order valence-corrected chi connectivity index (χ3v) is 4.57. The van der Waals surface area contributed by atoms with Crippen molar-refractivity contribution >= 4 is 16.3 Å². The Labute approximate surface area is 144 Å². The fraction of sp³-hybridized carbons (Fsp3) is 0.588. The highest BCUT2D eigenvalue weighted by atomic mass is 32.2. The Hall–Kier alpha value is -1.44. The van der Waals surface area contributed by atoms with Crippen LogP contribution in [0.25, 0.3) is 0 Å². The number of hydrogen-bond acceptors (Lipinski definition) is 6. The largest absolute Gasteiger partial charge is 0.399 e. The van der Waals surface area contributed by atoms with Gasteiger partial charge in [-0.15, -0.1) is 0 Å². The lowest BCUT2D eigenvalue weighted by Gasteiger charge is -2.36. The van der Waals surface area contributed by atoms with Gasteiger partial charge in [0.1, 0.15) is 12.7 Å². The van der Waals surface area contributed by atoms with E-state index in [1.165, 1.54) is 7.11 Å². The molecular weight excluding hydrogens is 330 g/mol. The zero-order chi connectivity index (χ0) is 18.2. The second-order valence-electron chi connectivity index (χ2n) is 5.91. The van der Waals surface area contributed by atoms with Crippen LogP contribution in [0.15, 0.2) is 35.5 Å². The molecule has 0 bridgehead atoms. The summed E-state index contributed by atoms with van der Waals surface area (Å²) in [6.45, 7) is 5.97. The standard InChI is InChI=1S/C17H27NO5S/c1-6-16(23-24(5,19)20)14(2)17(3,13-18-21-4)22-12-15-10-8-7-9-11-15/h7-11,13-14,16H,6,12H2,1-5H3/b18-13+/t14-,16-,17+/m1/s1. The zero-order valence-electron chi connectivity index (χ0n) is 14.9. The van der Waals surface area contributed by atoms with Crippen molar-refractivity contribution in [3.05, 3.63) is 35.9 Å². The molecule has 3 atom stereocenters. The van der Waals surface area contributed by atoms with Gasteiger partial charge >= 0.3 is 0 Å². The molecular formula is C17H27NO5S. The number of nitrogens with zero attached hydrogens (tertiary/aromatic N) is 1. The summed E-state index contributed by atoms with van der Waals surface area (Å²) in [5, 5.41) is 3.84. The maximum absolute atomic E-state index is 11.5. The summed E-state index contributed by atoms with van der Waals surface area (Å²) in [5.41, 5.74) is 0.163. The SMILES string of the molecule is CC[C@@H](OS(C)(=O)=O)[C@@H](C)[C@](C)(/C=N/OC)OCc1ccccc1. The number of benzene rings is 1. The van der Waals surface area contributed by atoms with E-state index in [0.29, 0.717) is 13.0 Å². The summed E-state index contributed by atoms with van der Waals surface area (Å²) in [4.78, 5) is 4.78. The third-order valence-electron chi connectivity index (χ3n) is 3.97. The molecule has 0 radical (unpaired) electrons. The van der Waals surface area contributed by atoms with Gasteiger partial charge in [-0.2, -0.15) is 8.42 Å². The molecule has 0 amide bonds. The molecule has 136 valence electrons. The summed E-state index contributed by atoms with van der Waals surface area (Å²) in [6.07, 6.45) is 2.60. The first kappa shape index (κ1) is 20.6. The van der Waals surface area contributed by atoms with Crippen molar-refractivity contribution in [1.82, 2.24) is 0 Å². The van der Waals surface area contributed by atoms with Gasteiger partial charge in [-0.3, -0.25) is 4.18 Å². The highest BCUT2D eigenvalue weighted by molar-refractivity contribution is 7.86. The van der Waals surface area contributed by atoms with Crippen LogP contribution in [0.1, 0.15) is 32.8 Å². The molecule has 0 N–H and O–H groups in total. The predicted octanol–water partition coefficient (Wildman–Crippen LogP) is 2.99. The van der Waals surface area contributed by atoms with Crippen molar-refractivity contribution in [2.75, 3.05) is 13.4 Å². The molecule has 0 fully saturated rings. The Bertz CT molecular complexity index is 617. The molecule has 0 aromatic heterocycles. The Morgan fingerprint density at radius 2 is 1.92 bits per heavy atom. The van der Waals surface area contributed by atoms with Crippen LogP contribution in [-0.2, 0) is 30.5 Å². The molecule has 0 unspecified atom stereocenters. The molecule has 0 aliphatic rings. The molecule has 0 spiro atoms. The van der Waals surface area contributed by atoms with E-state index >= 15 is 0 Å². The molecule has 6 nitrogen and oxygen atoms in total. The molecule has 1 aromatic carbocycles.